The van der Waals surface area contributed by atoms with Crippen molar-refractivity contribution < 1.29 is 4.79 Å². The lowest BCUT2D eigenvalue weighted by molar-refractivity contribution is -0.113. The molecular weight excluding hydrogens is 396 g/mol. The number of nitrogens with zero attached hydrogens (tertiary/aromatic N) is 5. The molecule has 2 aromatic heterocycles. The van der Waals surface area contributed by atoms with E-state index in [-0.39, 0.29) is 11.7 Å². The van der Waals surface area contributed by atoms with Gasteiger partial charge in [-0.05, 0) is 43.5 Å². The Morgan fingerprint density at radius 1 is 1.03 bits per heavy atom. The molecule has 0 aliphatic rings. The van der Waals surface area contributed by atoms with Crippen LogP contribution in [0.15, 0.2) is 53.8 Å². The molecule has 0 spiro atoms. The molecule has 0 aliphatic heterocycles. The summed E-state index contributed by atoms with van der Waals surface area (Å²) in [7, 11) is 0. The van der Waals surface area contributed by atoms with Crippen LogP contribution in [0.3, 0.4) is 0 Å². The summed E-state index contributed by atoms with van der Waals surface area (Å²) in [6.07, 6.45) is 1.49. The normalized spacial score (nSPS) is 11.0. The van der Waals surface area contributed by atoms with Crippen LogP contribution >= 0.6 is 11.8 Å². The number of amides is 1. The first kappa shape index (κ1) is 20.0. The zero-order valence-corrected chi connectivity index (χ0v) is 17.9. The van der Waals surface area contributed by atoms with Gasteiger partial charge >= 0.3 is 0 Å². The van der Waals surface area contributed by atoms with Gasteiger partial charge in [0.1, 0.15) is 11.4 Å². The maximum Gasteiger partial charge on any atom is 0.234 e. The van der Waals surface area contributed by atoms with Crippen molar-refractivity contribution in [1.29, 1.82) is 0 Å². The molecule has 1 N–H and O–H groups in total. The molecule has 0 bridgehead atoms. The minimum atomic E-state index is -0.0903. The van der Waals surface area contributed by atoms with Gasteiger partial charge in [-0.15, -0.1) is 5.10 Å². The van der Waals surface area contributed by atoms with Crippen molar-refractivity contribution in [2.24, 2.45) is 0 Å². The van der Waals surface area contributed by atoms with Crippen molar-refractivity contribution in [3.63, 3.8) is 0 Å². The van der Waals surface area contributed by atoms with Crippen molar-refractivity contribution in [2.75, 3.05) is 11.1 Å². The van der Waals surface area contributed by atoms with Crippen LogP contribution in [-0.2, 0) is 11.3 Å². The Labute approximate surface area is 178 Å². The van der Waals surface area contributed by atoms with Crippen LogP contribution in [0.2, 0.25) is 0 Å². The number of benzene rings is 2. The number of thioether (sulfide) groups is 1. The maximum atomic E-state index is 12.4. The number of aryl methyl sites for hydroxylation is 3. The third-order valence-corrected chi connectivity index (χ3v) is 5.71. The van der Waals surface area contributed by atoms with E-state index in [1.54, 1.807) is 4.68 Å². The first-order valence-electron chi connectivity index (χ1n) is 9.59. The summed E-state index contributed by atoms with van der Waals surface area (Å²) in [5, 5.41) is 12.1. The molecule has 152 valence electrons. The first-order chi connectivity index (χ1) is 14.5. The molecular formula is C22H22N6OS. The van der Waals surface area contributed by atoms with Gasteiger partial charge in [0.15, 0.2) is 11.2 Å². The number of aromatic nitrogens is 5. The highest BCUT2D eigenvalue weighted by molar-refractivity contribution is 8.00. The maximum absolute atomic E-state index is 12.4. The van der Waals surface area contributed by atoms with Crippen LogP contribution in [0.5, 0.6) is 0 Å². The standard InChI is InChI=1S/C22H22N6OS/c1-14-5-8-17(9-6-14)11-28-21-20(26-27-28)22(24-13-23-21)30-12-19(29)25-18-10-15(2)4-7-16(18)3/h4-10,13H,11-12H2,1-3H3,(H,25,29). The van der Waals surface area contributed by atoms with Crippen LogP contribution < -0.4 is 5.32 Å². The molecule has 0 saturated heterocycles. The molecule has 0 atom stereocenters. The van der Waals surface area contributed by atoms with Gasteiger partial charge in [-0.25, -0.2) is 14.6 Å². The molecule has 1 amide bonds. The smallest absolute Gasteiger partial charge is 0.234 e. The highest BCUT2D eigenvalue weighted by Gasteiger charge is 2.14. The van der Waals surface area contributed by atoms with E-state index in [0.717, 1.165) is 22.4 Å². The Bertz CT molecular complexity index is 1200. The number of carbonyl (C=O) groups is 1. The van der Waals surface area contributed by atoms with Crippen molar-refractivity contribution in [1.82, 2.24) is 25.0 Å². The van der Waals surface area contributed by atoms with E-state index in [9.17, 15) is 4.79 Å². The number of hydrogen-bond donors (Lipinski definition) is 1. The monoisotopic (exact) mass is 418 g/mol. The number of anilines is 1. The molecule has 4 rings (SSSR count). The molecule has 0 unspecified atom stereocenters. The van der Waals surface area contributed by atoms with Gasteiger partial charge in [0, 0.05) is 5.69 Å². The van der Waals surface area contributed by atoms with Gasteiger partial charge in [0.2, 0.25) is 5.91 Å². The molecule has 4 aromatic rings. The van der Waals surface area contributed by atoms with E-state index >= 15 is 0 Å². The van der Waals surface area contributed by atoms with Crippen molar-refractivity contribution in [3.05, 3.63) is 71.0 Å². The summed E-state index contributed by atoms with van der Waals surface area (Å²) >= 11 is 1.33. The van der Waals surface area contributed by atoms with E-state index in [0.29, 0.717) is 22.7 Å². The van der Waals surface area contributed by atoms with Gasteiger partial charge in [-0.2, -0.15) is 0 Å². The third-order valence-electron chi connectivity index (χ3n) is 4.73. The van der Waals surface area contributed by atoms with E-state index in [1.165, 1.54) is 23.7 Å². The summed E-state index contributed by atoms with van der Waals surface area (Å²) in [6.45, 7) is 6.61. The predicted octanol–water partition coefficient (Wildman–Crippen LogP) is 3.93. The number of hydrogen-bond acceptors (Lipinski definition) is 6. The van der Waals surface area contributed by atoms with Crippen molar-refractivity contribution in [3.8, 4) is 0 Å². The second-order valence-electron chi connectivity index (χ2n) is 7.24. The van der Waals surface area contributed by atoms with E-state index in [4.69, 9.17) is 0 Å². The quantitative estimate of drug-likeness (QED) is 0.377. The minimum Gasteiger partial charge on any atom is -0.325 e. The van der Waals surface area contributed by atoms with E-state index in [2.05, 4.69) is 56.8 Å². The van der Waals surface area contributed by atoms with Gasteiger partial charge in [-0.3, -0.25) is 4.79 Å². The lowest BCUT2D eigenvalue weighted by Gasteiger charge is -2.09. The number of fused-ring (bicyclic) bond motifs is 1. The van der Waals surface area contributed by atoms with Crippen LogP contribution in [0.25, 0.3) is 11.2 Å². The van der Waals surface area contributed by atoms with Crippen LogP contribution in [0, 0.1) is 20.8 Å². The molecule has 0 fully saturated rings. The molecule has 0 radical (unpaired) electrons. The molecule has 0 aliphatic carbocycles. The van der Waals surface area contributed by atoms with E-state index < -0.39 is 0 Å². The summed E-state index contributed by atoms with van der Waals surface area (Å²) in [6, 6.07) is 14.3. The molecule has 0 saturated carbocycles. The Morgan fingerprint density at radius 2 is 1.80 bits per heavy atom. The number of nitrogens with one attached hydrogen (secondary N) is 1. The molecule has 30 heavy (non-hydrogen) atoms. The van der Waals surface area contributed by atoms with Gasteiger partial charge in [-0.1, -0.05) is 58.9 Å². The van der Waals surface area contributed by atoms with Crippen LogP contribution in [0.1, 0.15) is 22.3 Å². The van der Waals surface area contributed by atoms with Gasteiger partial charge < -0.3 is 5.32 Å². The Hall–Kier alpha value is -3.26. The summed E-state index contributed by atoms with van der Waals surface area (Å²) in [5.41, 5.74) is 6.55. The van der Waals surface area contributed by atoms with Gasteiger partial charge in [0.25, 0.3) is 0 Å². The third kappa shape index (κ3) is 4.49. The summed E-state index contributed by atoms with van der Waals surface area (Å²) < 4.78 is 1.75. The fraction of sp³-hybridized carbons (Fsp3) is 0.227. The van der Waals surface area contributed by atoms with Crippen molar-refractivity contribution in [2.45, 2.75) is 32.3 Å². The lowest BCUT2D eigenvalue weighted by atomic mass is 10.1. The molecule has 2 aromatic carbocycles. The second-order valence-corrected chi connectivity index (χ2v) is 8.20. The van der Waals surface area contributed by atoms with Crippen molar-refractivity contribution >= 4 is 34.5 Å². The number of rotatable bonds is 6. The van der Waals surface area contributed by atoms with Crippen LogP contribution in [0.4, 0.5) is 5.69 Å². The molecule has 8 heteroatoms. The molecule has 2 heterocycles. The van der Waals surface area contributed by atoms with E-state index in [1.807, 2.05) is 32.0 Å². The fourth-order valence-corrected chi connectivity index (χ4v) is 3.77. The molecule has 7 nitrogen and oxygen atoms in total. The predicted molar refractivity (Wildman–Crippen MR) is 119 cm³/mol. The van der Waals surface area contributed by atoms with Crippen LogP contribution in [-0.4, -0.2) is 36.6 Å². The summed E-state index contributed by atoms with van der Waals surface area (Å²) in [4.78, 5) is 21.1. The topological polar surface area (TPSA) is 85.6 Å². The minimum absolute atomic E-state index is 0.0903. The second kappa shape index (κ2) is 8.62. The highest BCUT2D eigenvalue weighted by atomic mass is 32.2. The summed E-state index contributed by atoms with van der Waals surface area (Å²) in [5.74, 6) is 0.136. The fourth-order valence-electron chi connectivity index (χ4n) is 3.04. The first-order valence-corrected chi connectivity index (χ1v) is 10.6. The largest absolute Gasteiger partial charge is 0.325 e. The lowest BCUT2D eigenvalue weighted by Crippen LogP contribution is -2.15. The average molecular weight is 419 g/mol. The SMILES string of the molecule is Cc1ccc(Cn2nnc3c(SCC(=O)Nc4cc(C)ccc4C)ncnc32)cc1. The Balaban J connectivity index is 1.47. The Kier molecular flexibility index (Phi) is 5.76. The highest BCUT2D eigenvalue weighted by Crippen LogP contribution is 2.24. The van der Waals surface area contributed by atoms with Gasteiger partial charge in [0.05, 0.1) is 12.3 Å². The Morgan fingerprint density at radius 3 is 2.60 bits per heavy atom. The zero-order valence-electron chi connectivity index (χ0n) is 17.1. The zero-order chi connectivity index (χ0) is 21.1. The number of carbonyl (C=O) groups excluding carboxylic acids is 1. The average Bonchev–Trinajstić information content (AvgIpc) is 3.14.